The number of hydrogen-bond donors (Lipinski definition) is 2. The summed E-state index contributed by atoms with van der Waals surface area (Å²) in [5.41, 5.74) is 3.95. The van der Waals surface area contributed by atoms with Crippen LogP contribution in [0.4, 0.5) is 10.5 Å². The highest BCUT2D eigenvalue weighted by molar-refractivity contribution is 5.92. The van der Waals surface area contributed by atoms with Crippen molar-refractivity contribution in [1.82, 2.24) is 10.2 Å². The monoisotopic (exact) mass is 351 g/mol. The molecule has 1 aliphatic rings. The minimum absolute atomic E-state index is 0.00262. The first kappa shape index (κ1) is 18.0. The van der Waals surface area contributed by atoms with E-state index in [2.05, 4.69) is 10.6 Å². The number of urea groups is 1. The second kappa shape index (κ2) is 7.60. The van der Waals surface area contributed by atoms with Gasteiger partial charge in [0.15, 0.2) is 0 Å². The summed E-state index contributed by atoms with van der Waals surface area (Å²) >= 11 is 0. The minimum atomic E-state index is -0.269. The molecule has 2 unspecified atom stereocenters. The highest BCUT2D eigenvalue weighted by Gasteiger charge is 2.34. The number of amides is 3. The molecule has 5 heteroatoms. The second-order valence-corrected chi connectivity index (χ2v) is 6.90. The Morgan fingerprint density at radius 3 is 2.38 bits per heavy atom. The van der Waals surface area contributed by atoms with Crippen molar-refractivity contribution in [2.24, 2.45) is 0 Å². The van der Waals surface area contributed by atoms with Crippen LogP contribution in [0.15, 0.2) is 48.5 Å². The first-order valence-corrected chi connectivity index (χ1v) is 8.94. The summed E-state index contributed by atoms with van der Waals surface area (Å²) in [5.74, 6) is 0.0683. The van der Waals surface area contributed by atoms with Gasteiger partial charge >= 0.3 is 6.03 Å². The van der Waals surface area contributed by atoms with Crippen molar-refractivity contribution in [3.05, 3.63) is 65.2 Å². The number of carbonyl (C=O) groups is 2. The SMILES string of the molecule is Cc1cccc(C)c1NC(=O)NC1CC(=O)N(C(C)c2ccccc2)C1. The van der Waals surface area contributed by atoms with Crippen LogP contribution in [0, 0.1) is 13.8 Å². The third-order valence-corrected chi connectivity index (χ3v) is 4.96. The van der Waals surface area contributed by atoms with Crippen LogP contribution in [-0.4, -0.2) is 29.4 Å². The average Bonchev–Trinajstić information content (AvgIpc) is 2.98. The Bertz CT molecular complexity index is 784. The molecule has 136 valence electrons. The lowest BCUT2D eigenvalue weighted by Crippen LogP contribution is -2.40. The van der Waals surface area contributed by atoms with E-state index in [4.69, 9.17) is 0 Å². The maximum Gasteiger partial charge on any atom is 0.319 e. The first-order chi connectivity index (χ1) is 12.5. The van der Waals surface area contributed by atoms with Crippen LogP contribution < -0.4 is 10.6 Å². The van der Waals surface area contributed by atoms with Gasteiger partial charge in [-0.25, -0.2) is 4.79 Å². The highest BCUT2D eigenvalue weighted by Crippen LogP contribution is 2.26. The number of rotatable bonds is 4. The average molecular weight is 351 g/mol. The summed E-state index contributed by atoms with van der Waals surface area (Å²) < 4.78 is 0. The van der Waals surface area contributed by atoms with Gasteiger partial charge in [-0.2, -0.15) is 0 Å². The lowest BCUT2D eigenvalue weighted by Gasteiger charge is -2.25. The number of anilines is 1. The van der Waals surface area contributed by atoms with Gasteiger partial charge in [-0.15, -0.1) is 0 Å². The molecule has 5 nitrogen and oxygen atoms in total. The van der Waals surface area contributed by atoms with Crippen molar-refractivity contribution in [2.75, 3.05) is 11.9 Å². The van der Waals surface area contributed by atoms with Crippen LogP contribution in [-0.2, 0) is 4.79 Å². The zero-order valence-electron chi connectivity index (χ0n) is 15.5. The Morgan fingerprint density at radius 1 is 1.08 bits per heavy atom. The van der Waals surface area contributed by atoms with E-state index in [1.54, 1.807) is 0 Å². The molecule has 1 fully saturated rings. The molecule has 26 heavy (non-hydrogen) atoms. The third kappa shape index (κ3) is 3.87. The zero-order chi connectivity index (χ0) is 18.7. The fourth-order valence-corrected chi connectivity index (χ4v) is 3.46. The third-order valence-electron chi connectivity index (χ3n) is 4.96. The molecule has 2 N–H and O–H groups in total. The van der Waals surface area contributed by atoms with Gasteiger partial charge in [-0.1, -0.05) is 48.5 Å². The summed E-state index contributed by atoms with van der Waals surface area (Å²) in [7, 11) is 0. The number of aryl methyl sites for hydroxylation is 2. The van der Waals surface area contributed by atoms with E-state index >= 15 is 0 Å². The smallest absolute Gasteiger partial charge is 0.319 e. The summed E-state index contributed by atoms with van der Waals surface area (Å²) in [4.78, 5) is 26.6. The van der Waals surface area contributed by atoms with E-state index in [-0.39, 0.29) is 24.0 Å². The Balaban J connectivity index is 1.61. The van der Waals surface area contributed by atoms with Gasteiger partial charge in [0.2, 0.25) is 5.91 Å². The van der Waals surface area contributed by atoms with E-state index in [0.717, 1.165) is 22.4 Å². The molecule has 2 aromatic rings. The van der Waals surface area contributed by atoms with Crippen molar-refractivity contribution in [2.45, 2.75) is 39.3 Å². The quantitative estimate of drug-likeness (QED) is 0.880. The Labute approximate surface area is 154 Å². The van der Waals surface area contributed by atoms with Crippen molar-refractivity contribution in [3.8, 4) is 0 Å². The predicted molar refractivity (Wildman–Crippen MR) is 103 cm³/mol. The van der Waals surface area contributed by atoms with E-state index in [1.807, 2.05) is 74.2 Å². The fraction of sp³-hybridized carbons (Fsp3) is 0.333. The fourth-order valence-electron chi connectivity index (χ4n) is 3.46. The van der Waals surface area contributed by atoms with Crippen molar-refractivity contribution >= 4 is 17.6 Å². The molecule has 1 saturated heterocycles. The molecule has 0 radical (unpaired) electrons. The first-order valence-electron chi connectivity index (χ1n) is 8.94. The molecular formula is C21H25N3O2. The van der Waals surface area contributed by atoms with Crippen LogP contribution >= 0.6 is 0 Å². The topological polar surface area (TPSA) is 61.4 Å². The van der Waals surface area contributed by atoms with Gasteiger partial charge < -0.3 is 15.5 Å². The summed E-state index contributed by atoms with van der Waals surface area (Å²) in [6.45, 7) is 6.47. The minimum Gasteiger partial charge on any atom is -0.334 e. The molecule has 0 spiro atoms. The Morgan fingerprint density at radius 2 is 1.73 bits per heavy atom. The normalized spacial score (nSPS) is 17.9. The van der Waals surface area contributed by atoms with E-state index in [0.29, 0.717) is 13.0 Å². The molecule has 1 heterocycles. The van der Waals surface area contributed by atoms with E-state index < -0.39 is 0 Å². The largest absolute Gasteiger partial charge is 0.334 e. The maximum absolute atomic E-state index is 12.4. The van der Waals surface area contributed by atoms with Gasteiger partial charge in [0.1, 0.15) is 0 Å². The number of nitrogens with one attached hydrogen (secondary N) is 2. The van der Waals surface area contributed by atoms with Crippen LogP contribution in [0.3, 0.4) is 0 Å². The van der Waals surface area contributed by atoms with Crippen LogP contribution in [0.2, 0.25) is 0 Å². The van der Waals surface area contributed by atoms with Crippen LogP contribution in [0.1, 0.15) is 36.1 Å². The van der Waals surface area contributed by atoms with Gasteiger partial charge in [0, 0.05) is 18.7 Å². The summed E-state index contributed by atoms with van der Waals surface area (Å²) in [6, 6.07) is 15.4. The summed E-state index contributed by atoms with van der Waals surface area (Å²) in [5, 5.41) is 5.85. The summed E-state index contributed by atoms with van der Waals surface area (Å²) in [6.07, 6.45) is 0.331. The molecule has 3 rings (SSSR count). The van der Waals surface area contributed by atoms with Gasteiger partial charge in [0.25, 0.3) is 0 Å². The standard InChI is InChI=1S/C21H25N3O2/c1-14-8-7-9-15(2)20(14)23-21(26)22-18-12-19(25)24(13-18)16(3)17-10-5-4-6-11-17/h4-11,16,18H,12-13H2,1-3H3,(H2,22,23,26). The molecule has 0 aliphatic carbocycles. The van der Waals surface area contributed by atoms with Gasteiger partial charge in [-0.3, -0.25) is 4.79 Å². The number of likely N-dealkylation sites (tertiary alicyclic amines) is 1. The molecule has 2 aromatic carbocycles. The van der Waals surface area contributed by atoms with E-state index in [9.17, 15) is 9.59 Å². The molecule has 0 saturated carbocycles. The second-order valence-electron chi connectivity index (χ2n) is 6.90. The molecule has 3 amide bonds. The zero-order valence-corrected chi connectivity index (χ0v) is 15.5. The molecule has 2 atom stereocenters. The predicted octanol–water partition coefficient (Wildman–Crippen LogP) is 3.79. The molecule has 0 aromatic heterocycles. The number of nitrogens with zero attached hydrogens (tertiary/aromatic N) is 1. The van der Waals surface area contributed by atoms with Crippen molar-refractivity contribution in [3.63, 3.8) is 0 Å². The maximum atomic E-state index is 12.4. The lowest BCUT2D eigenvalue weighted by molar-refractivity contribution is -0.129. The molecule has 0 bridgehead atoms. The van der Waals surface area contributed by atoms with Gasteiger partial charge in [0.05, 0.1) is 12.1 Å². The number of benzene rings is 2. The van der Waals surface area contributed by atoms with Crippen molar-refractivity contribution in [1.29, 1.82) is 0 Å². The number of hydrogen-bond acceptors (Lipinski definition) is 2. The Kier molecular flexibility index (Phi) is 5.26. The van der Waals surface area contributed by atoms with Gasteiger partial charge in [-0.05, 0) is 37.5 Å². The lowest BCUT2D eigenvalue weighted by atomic mass is 10.1. The van der Waals surface area contributed by atoms with Crippen molar-refractivity contribution < 1.29 is 9.59 Å². The van der Waals surface area contributed by atoms with Crippen LogP contribution in [0.5, 0.6) is 0 Å². The Hall–Kier alpha value is -2.82. The number of para-hydroxylation sites is 1. The highest BCUT2D eigenvalue weighted by atomic mass is 16.2. The molecule has 1 aliphatic heterocycles. The van der Waals surface area contributed by atoms with Crippen LogP contribution in [0.25, 0.3) is 0 Å². The molecular weight excluding hydrogens is 326 g/mol. The van der Waals surface area contributed by atoms with E-state index in [1.165, 1.54) is 0 Å². The number of carbonyl (C=O) groups excluding carboxylic acids is 2.